The molecule has 0 aliphatic carbocycles. The van der Waals surface area contributed by atoms with Crippen LogP contribution in [0.1, 0.15) is 33.3 Å². The Labute approximate surface area is 177 Å². The van der Waals surface area contributed by atoms with Crippen molar-refractivity contribution in [1.29, 1.82) is 0 Å². The summed E-state index contributed by atoms with van der Waals surface area (Å²) in [5.41, 5.74) is 2.25. The highest BCUT2D eigenvalue weighted by atomic mass is 16.6. The van der Waals surface area contributed by atoms with E-state index < -0.39 is 4.92 Å². The second-order valence-electron chi connectivity index (χ2n) is 6.87. The molecule has 0 bridgehead atoms. The highest BCUT2D eigenvalue weighted by Crippen LogP contribution is 2.31. The smallest absolute Gasteiger partial charge is 0.269 e. The van der Waals surface area contributed by atoms with Crippen molar-refractivity contribution in [3.8, 4) is 16.9 Å². The molecule has 0 unspecified atom stereocenters. The number of hydrogen-bond donors (Lipinski definition) is 0. The normalized spacial score (nSPS) is 10.6. The maximum absolute atomic E-state index is 13.2. The fraction of sp³-hybridized carbons (Fsp3) is 0.0417. The van der Waals surface area contributed by atoms with Crippen molar-refractivity contribution in [2.24, 2.45) is 0 Å². The molecule has 31 heavy (non-hydrogen) atoms. The van der Waals surface area contributed by atoms with Crippen LogP contribution in [0.3, 0.4) is 0 Å². The molecule has 0 aliphatic heterocycles. The molecular weight excluding hydrogens is 394 g/mol. The summed E-state index contributed by atoms with van der Waals surface area (Å²) in [7, 11) is 0. The van der Waals surface area contributed by atoms with E-state index in [0.29, 0.717) is 22.5 Å². The molecule has 7 heteroatoms. The molecule has 0 aliphatic rings. The highest BCUT2D eigenvalue weighted by Gasteiger charge is 2.28. The van der Waals surface area contributed by atoms with E-state index in [1.807, 2.05) is 30.3 Å². The first-order valence-electron chi connectivity index (χ1n) is 9.51. The van der Waals surface area contributed by atoms with Gasteiger partial charge >= 0.3 is 0 Å². The van der Waals surface area contributed by atoms with Crippen LogP contribution in [0, 0.1) is 10.1 Å². The Morgan fingerprint density at radius 1 is 0.871 bits per heavy atom. The number of carbonyl (C=O) groups is 2. The summed E-state index contributed by atoms with van der Waals surface area (Å²) in [6.07, 6.45) is 0. The first kappa shape index (κ1) is 19.9. The van der Waals surface area contributed by atoms with Gasteiger partial charge in [0.05, 0.1) is 21.9 Å². The van der Waals surface area contributed by atoms with Crippen LogP contribution < -0.4 is 0 Å². The summed E-state index contributed by atoms with van der Waals surface area (Å²) in [6.45, 7) is 1.39. The molecule has 0 amide bonds. The maximum Gasteiger partial charge on any atom is 0.269 e. The van der Waals surface area contributed by atoms with Gasteiger partial charge in [-0.25, -0.2) is 4.68 Å². The predicted octanol–water partition coefficient (Wildman–Crippen LogP) is 4.88. The summed E-state index contributed by atoms with van der Waals surface area (Å²) in [5.74, 6) is -0.671. The molecule has 4 rings (SSSR count). The lowest BCUT2D eigenvalue weighted by molar-refractivity contribution is -0.384. The minimum atomic E-state index is -0.490. The van der Waals surface area contributed by atoms with Gasteiger partial charge < -0.3 is 0 Å². The quantitative estimate of drug-likeness (QED) is 0.256. The fourth-order valence-electron chi connectivity index (χ4n) is 3.40. The molecule has 0 atom stereocenters. The summed E-state index contributed by atoms with van der Waals surface area (Å²) in [5, 5.41) is 15.5. The second kappa shape index (κ2) is 8.16. The Bertz CT molecular complexity index is 1280. The Kier molecular flexibility index (Phi) is 5.24. The topological polar surface area (TPSA) is 95.1 Å². The third kappa shape index (κ3) is 3.76. The molecule has 0 fully saturated rings. The Balaban J connectivity index is 1.98. The van der Waals surface area contributed by atoms with Gasteiger partial charge in [0.2, 0.25) is 5.78 Å². The number of non-ortho nitro benzene ring substituents is 1. The van der Waals surface area contributed by atoms with E-state index in [9.17, 15) is 19.7 Å². The summed E-state index contributed by atoms with van der Waals surface area (Å²) in [6, 6.07) is 23.6. The first-order chi connectivity index (χ1) is 15.0. The minimum Gasteiger partial charge on any atom is -0.294 e. The van der Waals surface area contributed by atoms with Crippen LogP contribution in [0.4, 0.5) is 5.69 Å². The zero-order valence-corrected chi connectivity index (χ0v) is 16.6. The number of nitrogens with zero attached hydrogens (tertiary/aromatic N) is 3. The SMILES string of the molecule is CC(=O)c1c(C(=O)c2ccccc2)nn(-c2ccc([N+](=O)[O-])cc2)c1-c1ccccc1. The van der Waals surface area contributed by atoms with Crippen LogP contribution in [0.15, 0.2) is 84.9 Å². The molecule has 0 radical (unpaired) electrons. The molecular formula is C24H17N3O4. The molecule has 7 nitrogen and oxygen atoms in total. The van der Waals surface area contributed by atoms with Crippen molar-refractivity contribution >= 4 is 17.3 Å². The molecule has 0 saturated carbocycles. The molecule has 0 saturated heterocycles. The standard InChI is InChI=1S/C24H17N3O4/c1-16(28)21-22(24(29)18-10-6-3-7-11-18)25-26(23(21)17-8-4-2-5-9-17)19-12-14-20(15-13-19)27(30)31/h2-15H,1H3. The van der Waals surface area contributed by atoms with Crippen LogP contribution in [-0.4, -0.2) is 26.3 Å². The third-order valence-electron chi connectivity index (χ3n) is 4.84. The number of carbonyl (C=O) groups excluding carboxylic acids is 2. The van der Waals surface area contributed by atoms with E-state index in [1.165, 1.54) is 35.9 Å². The summed E-state index contributed by atoms with van der Waals surface area (Å²) < 4.78 is 1.49. The Hall–Kier alpha value is -4.39. The van der Waals surface area contributed by atoms with Crippen LogP contribution in [0.2, 0.25) is 0 Å². The zero-order valence-electron chi connectivity index (χ0n) is 16.6. The van der Waals surface area contributed by atoms with E-state index in [4.69, 9.17) is 0 Å². The van der Waals surface area contributed by atoms with Crippen LogP contribution in [0.25, 0.3) is 16.9 Å². The van der Waals surface area contributed by atoms with Gasteiger partial charge in [-0.3, -0.25) is 19.7 Å². The molecule has 1 aromatic heterocycles. The van der Waals surface area contributed by atoms with Gasteiger partial charge in [0.15, 0.2) is 5.78 Å². The van der Waals surface area contributed by atoms with Gasteiger partial charge in [-0.2, -0.15) is 5.10 Å². The molecule has 0 N–H and O–H groups in total. The predicted molar refractivity (Wildman–Crippen MR) is 116 cm³/mol. The van der Waals surface area contributed by atoms with E-state index in [1.54, 1.807) is 30.3 Å². The number of nitro groups is 1. The Morgan fingerprint density at radius 2 is 1.45 bits per heavy atom. The largest absolute Gasteiger partial charge is 0.294 e. The van der Waals surface area contributed by atoms with Crippen LogP contribution >= 0.6 is 0 Å². The lowest BCUT2D eigenvalue weighted by Crippen LogP contribution is -2.08. The number of nitro benzene ring substituents is 1. The van der Waals surface area contributed by atoms with Crippen molar-refractivity contribution in [1.82, 2.24) is 9.78 Å². The third-order valence-corrected chi connectivity index (χ3v) is 4.84. The van der Waals surface area contributed by atoms with Gasteiger partial charge in [0, 0.05) is 23.3 Å². The number of benzene rings is 3. The van der Waals surface area contributed by atoms with E-state index >= 15 is 0 Å². The first-order valence-corrected chi connectivity index (χ1v) is 9.51. The van der Waals surface area contributed by atoms with Crippen molar-refractivity contribution < 1.29 is 14.5 Å². The molecule has 4 aromatic rings. The monoisotopic (exact) mass is 411 g/mol. The van der Waals surface area contributed by atoms with Gasteiger partial charge in [-0.05, 0) is 19.1 Å². The lowest BCUT2D eigenvalue weighted by Gasteiger charge is -2.09. The maximum atomic E-state index is 13.2. The molecule has 0 spiro atoms. The molecule has 152 valence electrons. The fourth-order valence-corrected chi connectivity index (χ4v) is 3.40. The summed E-state index contributed by atoms with van der Waals surface area (Å²) >= 11 is 0. The Morgan fingerprint density at radius 3 is 2.00 bits per heavy atom. The highest BCUT2D eigenvalue weighted by molar-refractivity contribution is 6.16. The molecule has 1 heterocycles. The van der Waals surface area contributed by atoms with E-state index in [2.05, 4.69) is 5.10 Å². The number of rotatable bonds is 6. The van der Waals surface area contributed by atoms with Gasteiger partial charge in [0.25, 0.3) is 5.69 Å². The summed E-state index contributed by atoms with van der Waals surface area (Å²) in [4.78, 5) is 36.5. The second-order valence-corrected chi connectivity index (χ2v) is 6.87. The van der Waals surface area contributed by atoms with Gasteiger partial charge in [-0.15, -0.1) is 0 Å². The van der Waals surface area contributed by atoms with Gasteiger partial charge in [0.1, 0.15) is 5.69 Å². The lowest BCUT2D eigenvalue weighted by atomic mass is 9.98. The van der Waals surface area contributed by atoms with Crippen LogP contribution in [0.5, 0.6) is 0 Å². The average molecular weight is 411 g/mol. The average Bonchev–Trinajstić information content (AvgIpc) is 3.21. The van der Waals surface area contributed by atoms with Crippen molar-refractivity contribution in [2.45, 2.75) is 6.92 Å². The van der Waals surface area contributed by atoms with Crippen molar-refractivity contribution in [3.05, 3.63) is 112 Å². The number of hydrogen-bond acceptors (Lipinski definition) is 5. The van der Waals surface area contributed by atoms with Crippen LogP contribution in [-0.2, 0) is 0 Å². The van der Waals surface area contributed by atoms with Gasteiger partial charge in [-0.1, -0.05) is 60.7 Å². The molecule has 3 aromatic carbocycles. The van der Waals surface area contributed by atoms with Crippen molar-refractivity contribution in [2.75, 3.05) is 0 Å². The van der Waals surface area contributed by atoms with E-state index in [-0.39, 0.29) is 28.5 Å². The van der Waals surface area contributed by atoms with E-state index in [0.717, 1.165) is 0 Å². The van der Waals surface area contributed by atoms with Crippen molar-refractivity contribution in [3.63, 3.8) is 0 Å². The number of ketones is 2. The number of Topliss-reactive ketones (excluding diaryl/α,β-unsaturated/α-hetero) is 1. The zero-order chi connectivity index (χ0) is 22.0. The number of aromatic nitrogens is 2. The minimum absolute atomic E-state index is 0.0379.